The zero-order valence-corrected chi connectivity index (χ0v) is 14.1. The van der Waals surface area contributed by atoms with Crippen LogP contribution in [0.2, 0.25) is 0 Å². The van der Waals surface area contributed by atoms with Crippen LogP contribution in [0, 0.1) is 5.82 Å². The number of hydrogen-bond acceptors (Lipinski definition) is 5. The van der Waals surface area contributed by atoms with Crippen molar-refractivity contribution < 1.29 is 23.4 Å². The number of anilines is 1. The van der Waals surface area contributed by atoms with Crippen molar-refractivity contribution in [2.75, 3.05) is 25.3 Å². The summed E-state index contributed by atoms with van der Waals surface area (Å²) >= 11 is 3.18. The predicted molar refractivity (Wildman–Crippen MR) is 89.2 cm³/mol. The number of carbonyl (C=O) groups is 1. The minimum Gasteiger partial charge on any atom is -0.492 e. The summed E-state index contributed by atoms with van der Waals surface area (Å²) in [5, 5.41) is 2.95. The lowest BCUT2D eigenvalue weighted by Crippen LogP contribution is -2.19. The van der Waals surface area contributed by atoms with E-state index in [-0.39, 0.29) is 12.4 Å². The van der Waals surface area contributed by atoms with E-state index in [0.717, 1.165) is 0 Å². The summed E-state index contributed by atoms with van der Waals surface area (Å²) in [5.74, 6) is 0.411. The summed E-state index contributed by atoms with van der Waals surface area (Å²) in [7, 11) is 0. The van der Waals surface area contributed by atoms with Gasteiger partial charge < -0.3 is 25.3 Å². The van der Waals surface area contributed by atoms with Gasteiger partial charge in [-0.05, 0) is 24.3 Å². The first-order valence-electron chi connectivity index (χ1n) is 7.10. The van der Waals surface area contributed by atoms with E-state index in [2.05, 4.69) is 21.2 Å². The maximum absolute atomic E-state index is 13.8. The van der Waals surface area contributed by atoms with Gasteiger partial charge in [0.1, 0.15) is 18.2 Å². The molecule has 1 amide bonds. The highest BCUT2D eigenvalue weighted by molar-refractivity contribution is 9.10. The second-order valence-electron chi connectivity index (χ2n) is 4.96. The van der Waals surface area contributed by atoms with Crippen molar-refractivity contribution in [2.45, 2.75) is 0 Å². The number of nitrogens with one attached hydrogen (secondary N) is 1. The van der Waals surface area contributed by atoms with Crippen LogP contribution in [0.5, 0.6) is 17.2 Å². The fourth-order valence-electron chi connectivity index (χ4n) is 2.28. The van der Waals surface area contributed by atoms with Gasteiger partial charge in [-0.15, -0.1) is 0 Å². The van der Waals surface area contributed by atoms with Crippen LogP contribution in [0.1, 0.15) is 10.4 Å². The Morgan fingerprint density at radius 1 is 1.29 bits per heavy atom. The molecule has 0 aliphatic carbocycles. The van der Waals surface area contributed by atoms with Crippen molar-refractivity contribution in [2.24, 2.45) is 5.73 Å². The molecule has 3 rings (SSSR count). The highest BCUT2D eigenvalue weighted by Crippen LogP contribution is 2.35. The molecule has 2 aromatic rings. The molecule has 8 heteroatoms. The van der Waals surface area contributed by atoms with Crippen LogP contribution in [-0.4, -0.2) is 25.9 Å². The largest absolute Gasteiger partial charge is 0.492 e. The molecule has 0 spiro atoms. The zero-order valence-electron chi connectivity index (χ0n) is 12.5. The number of rotatable bonds is 6. The first kappa shape index (κ1) is 16.4. The second kappa shape index (κ2) is 6.96. The average molecular weight is 397 g/mol. The molecular formula is C16H14BrFN2O4. The highest BCUT2D eigenvalue weighted by atomic mass is 79.9. The molecule has 6 nitrogen and oxygen atoms in total. The first-order valence-corrected chi connectivity index (χ1v) is 7.89. The number of amides is 1. The molecule has 0 saturated carbocycles. The minimum absolute atomic E-state index is 0.179. The highest BCUT2D eigenvalue weighted by Gasteiger charge is 2.16. The second-order valence-corrected chi connectivity index (χ2v) is 5.88. The number of nitrogens with two attached hydrogens (primary N) is 1. The third-order valence-electron chi connectivity index (χ3n) is 3.33. The lowest BCUT2D eigenvalue weighted by Gasteiger charge is -2.12. The van der Waals surface area contributed by atoms with Gasteiger partial charge in [-0.1, -0.05) is 15.9 Å². The van der Waals surface area contributed by atoms with E-state index in [1.165, 1.54) is 6.07 Å². The molecule has 1 heterocycles. The average Bonchev–Trinajstić information content (AvgIpc) is 2.98. The molecule has 0 atom stereocenters. The van der Waals surface area contributed by atoms with Crippen molar-refractivity contribution in [1.82, 2.24) is 0 Å². The van der Waals surface area contributed by atoms with Gasteiger partial charge in [0, 0.05) is 17.1 Å². The third kappa shape index (κ3) is 3.53. The molecule has 0 aromatic heterocycles. The fourth-order valence-corrected chi connectivity index (χ4v) is 2.71. The quantitative estimate of drug-likeness (QED) is 0.733. The molecule has 24 heavy (non-hydrogen) atoms. The number of fused-ring (bicyclic) bond motifs is 1. The van der Waals surface area contributed by atoms with E-state index in [1.807, 2.05) is 0 Å². The maximum Gasteiger partial charge on any atom is 0.253 e. The van der Waals surface area contributed by atoms with E-state index in [0.29, 0.717) is 40.6 Å². The lowest BCUT2D eigenvalue weighted by molar-refractivity contribution is 0.0997. The van der Waals surface area contributed by atoms with Crippen LogP contribution >= 0.6 is 15.9 Å². The van der Waals surface area contributed by atoms with Crippen LogP contribution in [0.3, 0.4) is 0 Å². The van der Waals surface area contributed by atoms with Crippen molar-refractivity contribution in [3.8, 4) is 17.2 Å². The zero-order chi connectivity index (χ0) is 17.1. The van der Waals surface area contributed by atoms with Crippen LogP contribution < -0.4 is 25.3 Å². The van der Waals surface area contributed by atoms with Gasteiger partial charge in [0.25, 0.3) is 5.91 Å². The Kier molecular flexibility index (Phi) is 4.75. The third-order valence-corrected chi connectivity index (χ3v) is 3.79. The number of ether oxygens (including phenoxy) is 3. The van der Waals surface area contributed by atoms with E-state index >= 15 is 0 Å². The summed E-state index contributed by atoms with van der Waals surface area (Å²) in [6.07, 6.45) is 0. The Balaban J connectivity index is 1.60. The molecular weight excluding hydrogens is 383 g/mol. The fraction of sp³-hybridized carbons (Fsp3) is 0.188. The smallest absolute Gasteiger partial charge is 0.253 e. The van der Waals surface area contributed by atoms with Gasteiger partial charge in [-0.3, -0.25) is 4.79 Å². The van der Waals surface area contributed by atoms with Crippen molar-refractivity contribution in [3.63, 3.8) is 0 Å². The summed E-state index contributed by atoms with van der Waals surface area (Å²) in [4.78, 5) is 11.4. The Morgan fingerprint density at radius 3 is 2.88 bits per heavy atom. The first-order chi connectivity index (χ1) is 11.5. The Hall–Kier alpha value is -2.48. The van der Waals surface area contributed by atoms with Crippen molar-refractivity contribution >= 4 is 27.5 Å². The minimum atomic E-state index is -0.834. The molecule has 3 N–H and O–H groups in total. The molecule has 0 bridgehead atoms. The standard InChI is InChI=1S/C16H14BrFN2O4/c17-9-5-11(18)15(16(19)21)12(6-9)20-3-4-22-10-1-2-13-14(7-10)24-8-23-13/h1-2,5-7,20H,3-4,8H2,(H2,19,21). The number of benzene rings is 2. The summed E-state index contributed by atoms with van der Waals surface area (Å²) in [5.41, 5.74) is 5.35. The molecule has 2 aromatic carbocycles. The van der Waals surface area contributed by atoms with Crippen molar-refractivity contribution in [1.29, 1.82) is 0 Å². The molecule has 0 unspecified atom stereocenters. The normalized spacial score (nSPS) is 12.1. The topological polar surface area (TPSA) is 82.8 Å². The predicted octanol–water partition coefficient (Wildman–Crippen LogP) is 2.91. The molecule has 0 saturated heterocycles. The van der Waals surface area contributed by atoms with E-state index in [9.17, 15) is 9.18 Å². The number of halogens is 2. The maximum atomic E-state index is 13.8. The van der Waals surface area contributed by atoms with Gasteiger partial charge in [0.15, 0.2) is 11.5 Å². The monoisotopic (exact) mass is 396 g/mol. The Labute approximate surface area is 145 Å². The van der Waals surface area contributed by atoms with Gasteiger partial charge >= 0.3 is 0 Å². The van der Waals surface area contributed by atoms with E-state index < -0.39 is 11.7 Å². The van der Waals surface area contributed by atoms with Crippen LogP contribution in [-0.2, 0) is 0 Å². The number of primary amides is 1. The molecule has 0 fully saturated rings. The van der Waals surface area contributed by atoms with Crippen molar-refractivity contribution in [3.05, 3.63) is 46.2 Å². The molecule has 1 aliphatic heterocycles. The van der Waals surface area contributed by atoms with Crippen LogP contribution in [0.25, 0.3) is 0 Å². The summed E-state index contributed by atoms with van der Waals surface area (Å²) in [6.45, 7) is 0.848. The molecule has 126 valence electrons. The van der Waals surface area contributed by atoms with Gasteiger partial charge in [-0.2, -0.15) is 0 Å². The van der Waals surface area contributed by atoms with E-state index in [4.69, 9.17) is 19.9 Å². The lowest BCUT2D eigenvalue weighted by atomic mass is 10.1. The van der Waals surface area contributed by atoms with E-state index in [1.54, 1.807) is 24.3 Å². The van der Waals surface area contributed by atoms with Gasteiger partial charge in [-0.25, -0.2) is 4.39 Å². The Bertz CT molecular complexity index is 785. The van der Waals surface area contributed by atoms with Gasteiger partial charge in [0.05, 0.1) is 11.3 Å². The number of carbonyl (C=O) groups excluding carboxylic acids is 1. The molecule has 1 aliphatic rings. The SMILES string of the molecule is NC(=O)c1c(F)cc(Br)cc1NCCOc1ccc2c(c1)OCO2. The Morgan fingerprint density at radius 2 is 2.08 bits per heavy atom. The molecule has 0 radical (unpaired) electrons. The van der Waals surface area contributed by atoms with Crippen LogP contribution in [0.4, 0.5) is 10.1 Å². The summed E-state index contributed by atoms with van der Waals surface area (Å²) < 4.78 is 30.4. The van der Waals surface area contributed by atoms with Gasteiger partial charge in [0.2, 0.25) is 6.79 Å². The number of hydrogen-bond donors (Lipinski definition) is 2. The summed E-state index contributed by atoms with van der Waals surface area (Å²) in [6, 6.07) is 8.04. The van der Waals surface area contributed by atoms with Crippen LogP contribution in [0.15, 0.2) is 34.8 Å².